The van der Waals surface area contributed by atoms with Crippen molar-refractivity contribution in [1.29, 1.82) is 0 Å². The molecule has 1 fully saturated rings. The van der Waals surface area contributed by atoms with Gasteiger partial charge in [-0.3, -0.25) is 0 Å². The Balaban J connectivity index is 2.08. The Bertz CT molecular complexity index is 403. The predicted octanol–water partition coefficient (Wildman–Crippen LogP) is 3.83. The summed E-state index contributed by atoms with van der Waals surface area (Å²) in [7, 11) is 0. The first kappa shape index (κ1) is 14.2. The van der Waals surface area contributed by atoms with Crippen LogP contribution in [0.15, 0.2) is 22.7 Å². The number of hydrogen-bond donors (Lipinski definition) is 1. The lowest BCUT2D eigenvalue weighted by molar-refractivity contribution is 0.198. The highest BCUT2D eigenvalue weighted by Gasteiger charge is 2.19. The van der Waals surface area contributed by atoms with Gasteiger partial charge in [-0.05, 0) is 43.7 Å². The highest BCUT2D eigenvalue weighted by Crippen LogP contribution is 2.30. The summed E-state index contributed by atoms with van der Waals surface area (Å²) in [5.74, 6) is 0. The van der Waals surface area contributed by atoms with Gasteiger partial charge in [0.2, 0.25) is 0 Å². The summed E-state index contributed by atoms with van der Waals surface area (Å²) in [6, 6.07) is 6.26. The summed E-state index contributed by atoms with van der Waals surface area (Å²) >= 11 is 5.53. The fraction of sp³-hybridized carbons (Fsp3) is 0.571. The molecule has 0 aliphatic carbocycles. The lowest BCUT2D eigenvalue weighted by Gasteiger charge is -2.33. The lowest BCUT2D eigenvalue weighted by atomic mass is 10.1. The van der Waals surface area contributed by atoms with Crippen LogP contribution < -0.4 is 4.90 Å². The molecule has 0 bridgehead atoms. The Labute approximate surface area is 122 Å². The molecule has 0 unspecified atom stereocenters. The first-order valence-corrected chi connectivity index (χ1v) is 8.45. The van der Waals surface area contributed by atoms with E-state index in [2.05, 4.69) is 39.2 Å². The van der Waals surface area contributed by atoms with Crippen LogP contribution in [0.3, 0.4) is 0 Å². The molecule has 1 atom stereocenters. The van der Waals surface area contributed by atoms with Crippen LogP contribution in [0.4, 0.5) is 5.69 Å². The van der Waals surface area contributed by atoms with E-state index in [9.17, 15) is 5.11 Å². The van der Waals surface area contributed by atoms with Gasteiger partial charge in [0.25, 0.3) is 0 Å². The summed E-state index contributed by atoms with van der Waals surface area (Å²) in [5, 5.41) is 10.4. The van der Waals surface area contributed by atoms with Crippen molar-refractivity contribution in [2.75, 3.05) is 24.2 Å². The predicted molar refractivity (Wildman–Crippen MR) is 83.5 cm³/mol. The van der Waals surface area contributed by atoms with Gasteiger partial charge in [-0.2, -0.15) is 11.8 Å². The van der Waals surface area contributed by atoms with E-state index in [0.717, 1.165) is 28.4 Å². The van der Waals surface area contributed by atoms with Crippen LogP contribution in [0.1, 0.15) is 31.4 Å². The van der Waals surface area contributed by atoms with Gasteiger partial charge in [-0.15, -0.1) is 0 Å². The smallest absolute Gasteiger partial charge is 0.0772 e. The maximum absolute atomic E-state index is 9.63. The average molecular weight is 330 g/mol. The van der Waals surface area contributed by atoms with Crippen molar-refractivity contribution < 1.29 is 5.11 Å². The summed E-state index contributed by atoms with van der Waals surface area (Å²) in [6.07, 6.45) is 4.30. The minimum absolute atomic E-state index is 0.421. The van der Waals surface area contributed by atoms with Crippen molar-refractivity contribution in [2.45, 2.75) is 31.1 Å². The number of aliphatic hydroxyl groups is 1. The van der Waals surface area contributed by atoms with Crippen molar-refractivity contribution in [3.63, 3.8) is 0 Å². The second kappa shape index (κ2) is 6.31. The zero-order valence-electron chi connectivity index (χ0n) is 10.9. The van der Waals surface area contributed by atoms with Crippen LogP contribution >= 0.6 is 27.7 Å². The number of rotatable bonds is 3. The number of piperidine rings is 1. The summed E-state index contributed by atoms with van der Waals surface area (Å²) < 4.78 is 1.00. The van der Waals surface area contributed by atoms with Gasteiger partial charge in [-0.25, -0.2) is 0 Å². The molecule has 0 saturated carbocycles. The third-order valence-electron chi connectivity index (χ3n) is 3.57. The quantitative estimate of drug-likeness (QED) is 0.911. The van der Waals surface area contributed by atoms with E-state index in [1.54, 1.807) is 6.92 Å². The number of aliphatic hydroxyl groups excluding tert-OH is 1. The molecule has 100 valence electrons. The fourth-order valence-electron chi connectivity index (χ4n) is 2.40. The number of hydrogen-bond acceptors (Lipinski definition) is 3. The molecule has 1 aliphatic rings. The Morgan fingerprint density at radius 3 is 2.56 bits per heavy atom. The van der Waals surface area contributed by atoms with Crippen molar-refractivity contribution in [3.05, 3.63) is 28.2 Å². The first-order valence-electron chi connectivity index (χ1n) is 6.37. The Morgan fingerprint density at radius 2 is 2.06 bits per heavy atom. The van der Waals surface area contributed by atoms with Gasteiger partial charge in [0.15, 0.2) is 0 Å². The molecule has 0 amide bonds. The maximum atomic E-state index is 9.63. The third kappa shape index (κ3) is 3.22. The minimum Gasteiger partial charge on any atom is -0.389 e. The second-order valence-electron chi connectivity index (χ2n) is 4.80. The molecule has 18 heavy (non-hydrogen) atoms. The molecule has 2 nitrogen and oxygen atoms in total. The second-order valence-corrected chi connectivity index (χ2v) is 6.80. The number of thioether (sulfide) groups is 1. The monoisotopic (exact) mass is 329 g/mol. The molecule has 4 heteroatoms. The van der Waals surface area contributed by atoms with Gasteiger partial charge in [0.05, 0.1) is 6.10 Å². The number of halogens is 1. The van der Waals surface area contributed by atoms with Crippen LogP contribution in [0.2, 0.25) is 0 Å². The molecule has 0 aromatic heterocycles. The van der Waals surface area contributed by atoms with E-state index in [1.807, 2.05) is 17.8 Å². The fourth-order valence-corrected chi connectivity index (χ4v) is 3.78. The van der Waals surface area contributed by atoms with Crippen molar-refractivity contribution >= 4 is 33.4 Å². The third-order valence-corrected chi connectivity index (χ3v) is 5.40. The summed E-state index contributed by atoms with van der Waals surface area (Å²) in [6.45, 7) is 4.06. The van der Waals surface area contributed by atoms with Gasteiger partial charge < -0.3 is 10.0 Å². The van der Waals surface area contributed by atoms with Crippen LogP contribution in [-0.4, -0.2) is 29.7 Å². The molecule has 1 aliphatic heterocycles. The molecular formula is C14H20BrNOS. The molecular weight excluding hydrogens is 310 g/mol. The van der Waals surface area contributed by atoms with E-state index in [-0.39, 0.29) is 0 Å². The van der Waals surface area contributed by atoms with Crippen LogP contribution in [0.25, 0.3) is 0 Å². The number of nitrogens with zero attached hydrogens (tertiary/aromatic N) is 1. The van der Waals surface area contributed by atoms with E-state index in [0.29, 0.717) is 0 Å². The normalized spacial score (nSPS) is 19.0. The van der Waals surface area contributed by atoms with E-state index in [1.165, 1.54) is 18.5 Å². The highest BCUT2D eigenvalue weighted by atomic mass is 79.9. The molecule has 1 N–H and O–H groups in total. The van der Waals surface area contributed by atoms with Gasteiger partial charge >= 0.3 is 0 Å². The standard InChI is InChI=1S/C14H20BrNOS/c1-10(17)13-4-3-11(9-14(13)15)16-7-5-12(18-2)6-8-16/h3-4,9-10,12,17H,5-8H2,1-2H3/t10-/m0/s1. The van der Waals surface area contributed by atoms with Crippen molar-refractivity contribution in [3.8, 4) is 0 Å². The van der Waals surface area contributed by atoms with E-state index >= 15 is 0 Å². The van der Waals surface area contributed by atoms with E-state index < -0.39 is 6.10 Å². The molecule has 1 aromatic rings. The molecule has 0 spiro atoms. The zero-order chi connectivity index (χ0) is 13.1. The average Bonchev–Trinajstić information content (AvgIpc) is 2.38. The van der Waals surface area contributed by atoms with Crippen molar-refractivity contribution in [2.24, 2.45) is 0 Å². The Hall–Kier alpha value is -0.190. The lowest BCUT2D eigenvalue weighted by Crippen LogP contribution is -2.34. The van der Waals surface area contributed by atoms with Gasteiger partial charge in [-0.1, -0.05) is 22.0 Å². The Morgan fingerprint density at radius 1 is 1.39 bits per heavy atom. The van der Waals surface area contributed by atoms with Gasteiger partial charge in [0.1, 0.15) is 0 Å². The molecule has 2 rings (SSSR count). The Kier molecular flexibility index (Phi) is 4.98. The zero-order valence-corrected chi connectivity index (χ0v) is 13.3. The first-order chi connectivity index (χ1) is 8.61. The van der Waals surface area contributed by atoms with E-state index in [4.69, 9.17) is 0 Å². The highest BCUT2D eigenvalue weighted by molar-refractivity contribution is 9.10. The maximum Gasteiger partial charge on any atom is 0.0772 e. The SMILES string of the molecule is CSC1CCN(c2ccc([C@H](C)O)c(Br)c2)CC1. The summed E-state index contributed by atoms with van der Waals surface area (Å²) in [5.41, 5.74) is 2.21. The molecule has 1 aromatic carbocycles. The summed E-state index contributed by atoms with van der Waals surface area (Å²) in [4.78, 5) is 2.43. The van der Waals surface area contributed by atoms with Crippen LogP contribution in [0.5, 0.6) is 0 Å². The molecule has 1 heterocycles. The van der Waals surface area contributed by atoms with Gasteiger partial charge in [0, 0.05) is 28.5 Å². The topological polar surface area (TPSA) is 23.5 Å². The van der Waals surface area contributed by atoms with Crippen LogP contribution in [-0.2, 0) is 0 Å². The molecule has 0 radical (unpaired) electrons. The van der Waals surface area contributed by atoms with Crippen molar-refractivity contribution in [1.82, 2.24) is 0 Å². The number of anilines is 1. The van der Waals surface area contributed by atoms with Crippen LogP contribution in [0, 0.1) is 0 Å². The minimum atomic E-state index is -0.421. The number of benzene rings is 1. The molecule has 1 saturated heterocycles. The largest absolute Gasteiger partial charge is 0.389 e.